The molecular weight excluding hydrogens is 298 g/mol. The van der Waals surface area contributed by atoms with Crippen LogP contribution in [0.5, 0.6) is 0 Å². The summed E-state index contributed by atoms with van der Waals surface area (Å²) < 4.78 is 53.9. The average Bonchev–Trinajstić information content (AvgIpc) is 2.40. The van der Waals surface area contributed by atoms with E-state index in [4.69, 9.17) is 5.73 Å². The highest BCUT2D eigenvalue weighted by Crippen LogP contribution is 2.22. The number of anilines is 1. The van der Waals surface area contributed by atoms with E-state index >= 15 is 0 Å². The van der Waals surface area contributed by atoms with Gasteiger partial charge in [-0.1, -0.05) is 33.1 Å². The first-order valence-corrected chi connectivity index (χ1v) is 8.57. The van der Waals surface area contributed by atoms with Gasteiger partial charge < -0.3 is 5.73 Å². The topological polar surface area (TPSA) is 72.2 Å². The Morgan fingerprint density at radius 3 is 2.43 bits per heavy atom. The molecule has 0 aliphatic carbocycles. The van der Waals surface area contributed by atoms with Crippen molar-refractivity contribution in [1.82, 2.24) is 4.72 Å². The summed E-state index contributed by atoms with van der Waals surface area (Å²) in [6.45, 7) is 3.94. The molecule has 0 heterocycles. The van der Waals surface area contributed by atoms with Gasteiger partial charge in [-0.3, -0.25) is 0 Å². The molecule has 0 spiro atoms. The van der Waals surface area contributed by atoms with Crippen LogP contribution in [0.2, 0.25) is 0 Å². The minimum atomic E-state index is -4.13. The zero-order valence-corrected chi connectivity index (χ0v) is 13.1. The molecule has 1 atom stereocenters. The fourth-order valence-corrected chi connectivity index (χ4v) is 3.55. The molecular formula is C14H22F2N2O2S. The van der Waals surface area contributed by atoms with Crippen LogP contribution in [0.25, 0.3) is 0 Å². The van der Waals surface area contributed by atoms with Crippen molar-refractivity contribution >= 4 is 15.7 Å². The Morgan fingerprint density at radius 2 is 1.86 bits per heavy atom. The predicted octanol–water partition coefficient (Wildman–Crippen LogP) is 3.18. The first-order valence-electron chi connectivity index (χ1n) is 7.08. The van der Waals surface area contributed by atoms with Crippen LogP contribution in [-0.4, -0.2) is 14.5 Å². The van der Waals surface area contributed by atoms with Gasteiger partial charge >= 0.3 is 0 Å². The van der Waals surface area contributed by atoms with E-state index in [9.17, 15) is 17.2 Å². The Bertz CT molecular complexity index is 577. The first kappa shape index (κ1) is 17.8. The molecule has 1 aromatic carbocycles. The number of unbranched alkanes of at least 4 members (excludes halogenated alkanes) is 1. The van der Waals surface area contributed by atoms with Gasteiger partial charge in [-0.05, 0) is 25.0 Å². The van der Waals surface area contributed by atoms with Crippen molar-refractivity contribution < 1.29 is 17.2 Å². The molecule has 0 radical (unpaired) electrons. The molecule has 21 heavy (non-hydrogen) atoms. The van der Waals surface area contributed by atoms with Crippen LogP contribution in [0, 0.1) is 11.6 Å². The first-order chi connectivity index (χ1) is 9.81. The third-order valence-electron chi connectivity index (χ3n) is 3.17. The largest absolute Gasteiger partial charge is 0.399 e. The molecule has 0 amide bonds. The lowest BCUT2D eigenvalue weighted by Gasteiger charge is -2.18. The van der Waals surface area contributed by atoms with Crippen LogP contribution in [0.15, 0.2) is 17.0 Å². The van der Waals surface area contributed by atoms with Crippen LogP contribution < -0.4 is 10.5 Å². The van der Waals surface area contributed by atoms with E-state index in [1.807, 2.05) is 13.8 Å². The molecule has 0 bridgehead atoms. The molecule has 0 saturated carbocycles. The number of benzene rings is 1. The third-order valence-corrected chi connectivity index (χ3v) is 4.69. The van der Waals surface area contributed by atoms with Gasteiger partial charge in [0.05, 0.1) is 0 Å². The van der Waals surface area contributed by atoms with Gasteiger partial charge in [-0.25, -0.2) is 21.9 Å². The molecule has 0 aliphatic heterocycles. The Balaban J connectivity index is 3.04. The fraction of sp³-hybridized carbons (Fsp3) is 0.571. The van der Waals surface area contributed by atoms with Gasteiger partial charge in [0.25, 0.3) is 0 Å². The van der Waals surface area contributed by atoms with E-state index in [-0.39, 0.29) is 11.7 Å². The lowest BCUT2D eigenvalue weighted by Crippen LogP contribution is -2.35. The normalized spacial score (nSPS) is 13.3. The van der Waals surface area contributed by atoms with Crippen molar-refractivity contribution in [3.05, 3.63) is 23.8 Å². The number of hydrogen-bond acceptors (Lipinski definition) is 3. The van der Waals surface area contributed by atoms with E-state index in [2.05, 4.69) is 4.72 Å². The maximum atomic E-state index is 13.7. The van der Waals surface area contributed by atoms with Gasteiger partial charge in [0, 0.05) is 11.7 Å². The summed E-state index contributed by atoms with van der Waals surface area (Å²) in [5, 5.41) is 0. The maximum Gasteiger partial charge on any atom is 0.243 e. The number of nitrogens with two attached hydrogens (primary N) is 1. The molecule has 0 fully saturated rings. The zero-order valence-electron chi connectivity index (χ0n) is 12.3. The van der Waals surface area contributed by atoms with Gasteiger partial charge in [-0.2, -0.15) is 0 Å². The molecule has 3 N–H and O–H groups in total. The van der Waals surface area contributed by atoms with E-state index in [0.29, 0.717) is 12.8 Å². The smallest absolute Gasteiger partial charge is 0.243 e. The van der Waals surface area contributed by atoms with Crippen LogP contribution in [0.3, 0.4) is 0 Å². The highest BCUT2D eigenvalue weighted by atomic mass is 32.2. The molecule has 1 aromatic rings. The summed E-state index contributed by atoms with van der Waals surface area (Å²) in [7, 11) is -4.13. The van der Waals surface area contributed by atoms with Gasteiger partial charge in [0.1, 0.15) is 4.90 Å². The number of sulfonamides is 1. The Kier molecular flexibility index (Phi) is 6.54. The van der Waals surface area contributed by atoms with E-state index in [1.54, 1.807) is 0 Å². The van der Waals surface area contributed by atoms with Crippen molar-refractivity contribution in [2.45, 2.75) is 56.9 Å². The van der Waals surface area contributed by atoms with Gasteiger partial charge in [0.15, 0.2) is 11.6 Å². The minimum absolute atomic E-state index is 0.130. The molecule has 7 heteroatoms. The number of nitrogens with one attached hydrogen (secondary N) is 1. The summed E-state index contributed by atoms with van der Waals surface area (Å²) in [4.78, 5) is -0.738. The van der Waals surface area contributed by atoms with Crippen LogP contribution in [0.4, 0.5) is 14.5 Å². The van der Waals surface area contributed by atoms with Crippen LogP contribution in [-0.2, 0) is 10.0 Å². The molecule has 0 aliphatic rings. The molecule has 1 rings (SSSR count). The third kappa shape index (κ3) is 4.93. The standard InChI is InChI=1S/C14H22F2N2O2S/c1-3-5-7-11(6-4-2)18-21(19,20)13-9-10(17)8-12(15)14(13)16/h8-9,11,18H,3-7,17H2,1-2H3. The predicted molar refractivity (Wildman–Crippen MR) is 79.3 cm³/mol. The van der Waals surface area contributed by atoms with E-state index in [1.165, 1.54) is 0 Å². The lowest BCUT2D eigenvalue weighted by molar-refractivity contribution is 0.467. The second kappa shape index (κ2) is 7.70. The highest BCUT2D eigenvalue weighted by Gasteiger charge is 2.25. The number of rotatable bonds is 8. The van der Waals surface area contributed by atoms with E-state index in [0.717, 1.165) is 31.4 Å². The summed E-state index contributed by atoms with van der Waals surface area (Å²) in [6, 6.07) is 1.40. The Labute approximate surface area is 124 Å². The Hall–Kier alpha value is -1.21. The number of hydrogen-bond donors (Lipinski definition) is 2. The van der Waals surface area contributed by atoms with Crippen molar-refractivity contribution in [1.29, 1.82) is 0 Å². The zero-order chi connectivity index (χ0) is 16.0. The van der Waals surface area contributed by atoms with Crippen molar-refractivity contribution in [2.75, 3.05) is 5.73 Å². The monoisotopic (exact) mass is 320 g/mol. The van der Waals surface area contributed by atoms with Gasteiger partial charge in [-0.15, -0.1) is 0 Å². The fourth-order valence-electron chi connectivity index (χ4n) is 2.12. The quantitative estimate of drug-likeness (QED) is 0.723. The SMILES string of the molecule is CCCCC(CCC)NS(=O)(=O)c1cc(N)cc(F)c1F. The highest BCUT2D eigenvalue weighted by molar-refractivity contribution is 7.89. The number of halogens is 2. The van der Waals surface area contributed by atoms with Crippen LogP contribution in [0.1, 0.15) is 46.0 Å². The molecule has 1 unspecified atom stereocenters. The van der Waals surface area contributed by atoms with Crippen molar-refractivity contribution in [2.24, 2.45) is 0 Å². The molecule has 120 valence electrons. The Morgan fingerprint density at radius 1 is 1.19 bits per heavy atom. The summed E-state index contributed by atoms with van der Waals surface area (Å²) in [5.41, 5.74) is 5.27. The lowest BCUT2D eigenvalue weighted by atomic mass is 10.1. The second-order valence-electron chi connectivity index (χ2n) is 5.06. The van der Waals surface area contributed by atoms with Crippen LogP contribution >= 0.6 is 0 Å². The maximum absolute atomic E-state index is 13.7. The van der Waals surface area contributed by atoms with Gasteiger partial charge in [0.2, 0.25) is 10.0 Å². The van der Waals surface area contributed by atoms with Crippen molar-refractivity contribution in [3.63, 3.8) is 0 Å². The summed E-state index contributed by atoms with van der Waals surface area (Å²) in [6.07, 6.45) is 3.90. The molecule has 0 saturated heterocycles. The average molecular weight is 320 g/mol. The summed E-state index contributed by atoms with van der Waals surface area (Å²) >= 11 is 0. The molecule has 4 nitrogen and oxygen atoms in total. The minimum Gasteiger partial charge on any atom is -0.399 e. The second-order valence-corrected chi connectivity index (χ2v) is 6.75. The summed E-state index contributed by atoms with van der Waals surface area (Å²) in [5.74, 6) is -2.67. The van der Waals surface area contributed by atoms with Crippen molar-refractivity contribution in [3.8, 4) is 0 Å². The number of nitrogen functional groups attached to an aromatic ring is 1. The van der Waals surface area contributed by atoms with E-state index < -0.39 is 26.6 Å². The molecule has 0 aromatic heterocycles.